The van der Waals surface area contributed by atoms with Gasteiger partial charge in [0.05, 0.1) is 0 Å². The molecule has 0 aromatic carbocycles. The summed E-state index contributed by atoms with van der Waals surface area (Å²) in [6, 6.07) is 5.83. The average molecular weight is 324 g/mol. The number of carbonyl (C=O) groups is 1. The highest BCUT2D eigenvalue weighted by molar-refractivity contribution is 5.87. The van der Waals surface area contributed by atoms with Crippen molar-refractivity contribution >= 4 is 11.6 Å². The minimum Gasteiger partial charge on any atom is -0.378 e. The number of pyridine rings is 2. The van der Waals surface area contributed by atoms with E-state index in [2.05, 4.69) is 21.9 Å². The largest absolute Gasteiger partial charge is 0.378 e. The summed E-state index contributed by atoms with van der Waals surface area (Å²) in [5.41, 5.74) is 2.34. The summed E-state index contributed by atoms with van der Waals surface area (Å²) in [4.78, 5) is 32.3. The lowest BCUT2D eigenvalue weighted by Crippen LogP contribution is -2.42. The minimum atomic E-state index is -0.141. The Hall–Kier alpha value is -2.89. The van der Waals surface area contributed by atoms with Gasteiger partial charge in [0, 0.05) is 43.3 Å². The van der Waals surface area contributed by atoms with Crippen LogP contribution in [0.1, 0.15) is 12.8 Å². The van der Waals surface area contributed by atoms with Crippen molar-refractivity contribution in [2.75, 3.05) is 18.4 Å². The van der Waals surface area contributed by atoms with Gasteiger partial charge in [-0.1, -0.05) is 6.58 Å². The van der Waals surface area contributed by atoms with Crippen molar-refractivity contribution in [2.24, 2.45) is 0 Å². The maximum absolute atomic E-state index is 12.1. The van der Waals surface area contributed by atoms with Gasteiger partial charge in [0.1, 0.15) is 5.69 Å². The lowest BCUT2D eigenvalue weighted by Gasteiger charge is -2.32. The number of anilines is 1. The number of nitrogens with zero attached hydrogens (tertiary/aromatic N) is 2. The van der Waals surface area contributed by atoms with E-state index in [1.54, 1.807) is 23.5 Å². The van der Waals surface area contributed by atoms with Crippen LogP contribution in [0, 0.1) is 0 Å². The number of aromatic nitrogens is 2. The quantitative estimate of drug-likeness (QED) is 0.844. The van der Waals surface area contributed by atoms with Crippen molar-refractivity contribution < 1.29 is 4.79 Å². The molecular formula is C18H20N4O2. The molecule has 1 aliphatic rings. The fraction of sp³-hybridized carbons (Fsp3) is 0.278. The Morgan fingerprint density at radius 2 is 2.00 bits per heavy atom. The van der Waals surface area contributed by atoms with Crippen LogP contribution in [0.2, 0.25) is 0 Å². The van der Waals surface area contributed by atoms with E-state index < -0.39 is 0 Å². The Kier molecular flexibility index (Phi) is 4.74. The smallest absolute Gasteiger partial charge is 0.271 e. The van der Waals surface area contributed by atoms with Crippen LogP contribution >= 0.6 is 0 Å². The number of aromatic amines is 1. The van der Waals surface area contributed by atoms with Gasteiger partial charge in [-0.05, 0) is 42.7 Å². The zero-order chi connectivity index (χ0) is 16.9. The first-order chi connectivity index (χ1) is 11.7. The Balaban J connectivity index is 1.71. The predicted molar refractivity (Wildman–Crippen MR) is 93.7 cm³/mol. The minimum absolute atomic E-state index is 0.0361. The number of amides is 1. The van der Waals surface area contributed by atoms with E-state index in [-0.39, 0.29) is 17.5 Å². The maximum Gasteiger partial charge on any atom is 0.271 e. The highest BCUT2D eigenvalue weighted by atomic mass is 16.2. The van der Waals surface area contributed by atoms with Gasteiger partial charge >= 0.3 is 0 Å². The van der Waals surface area contributed by atoms with Crippen LogP contribution in [0.4, 0.5) is 5.69 Å². The van der Waals surface area contributed by atoms with E-state index in [0.717, 1.165) is 24.0 Å². The van der Waals surface area contributed by atoms with E-state index in [0.29, 0.717) is 18.8 Å². The zero-order valence-corrected chi connectivity index (χ0v) is 13.4. The first-order valence-corrected chi connectivity index (χ1v) is 7.98. The standard InChI is InChI=1S/C18H20N4O2/c1-2-17(23)22-9-5-15(6-10-22)21-16-11-14(12-20-18(16)24)13-3-7-19-8-4-13/h2-4,7-8,11-12,15,21H,1,5-6,9-10H2,(H,20,24). The van der Waals surface area contributed by atoms with E-state index in [4.69, 9.17) is 0 Å². The summed E-state index contributed by atoms with van der Waals surface area (Å²) in [5, 5.41) is 3.31. The number of rotatable bonds is 4. The third-order valence-corrected chi connectivity index (χ3v) is 4.26. The SMILES string of the molecule is C=CC(=O)N1CCC(Nc2cc(-c3ccncc3)c[nH]c2=O)CC1. The molecular weight excluding hydrogens is 304 g/mol. The Morgan fingerprint density at radius 3 is 2.67 bits per heavy atom. The van der Waals surface area contributed by atoms with Gasteiger partial charge in [-0.25, -0.2) is 0 Å². The molecule has 1 saturated heterocycles. The molecule has 1 fully saturated rings. The molecule has 0 aliphatic carbocycles. The number of piperidine rings is 1. The molecule has 24 heavy (non-hydrogen) atoms. The molecule has 3 rings (SSSR count). The predicted octanol–water partition coefficient (Wildman–Crippen LogP) is 2.03. The van der Waals surface area contributed by atoms with Crippen molar-refractivity contribution in [3.05, 3.63) is 59.8 Å². The molecule has 0 radical (unpaired) electrons. The fourth-order valence-electron chi connectivity index (χ4n) is 2.90. The number of hydrogen-bond acceptors (Lipinski definition) is 4. The topological polar surface area (TPSA) is 78.1 Å². The summed E-state index contributed by atoms with van der Waals surface area (Å²) in [6.45, 7) is 4.86. The number of likely N-dealkylation sites (tertiary alicyclic amines) is 1. The third kappa shape index (κ3) is 3.53. The van der Waals surface area contributed by atoms with Gasteiger partial charge < -0.3 is 15.2 Å². The normalized spacial score (nSPS) is 15.1. The second kappa shape index (κ2) is 7.12. The molecule has 2 aromatic rings. The van der Waals surface area contributed by atoms with Crippen molar-refractivity contribution in [3.63, 3.8) is 0 Å². The Bertz CT molecular complexity index is 777. The molecule has 0 saturated carbocycles. The molecule has 0 unspecified atom stereocenters. The van der Waals surface area contributed by atoms with Gasteiger partial charge in [-0.3, -0.25) is 14.6 Å². The average Bonchev–Trinajstić information content (AvgIpc) is 2.64. The highest BCUT2D eigenvalue weighted by Gasteiger charge is 2.21. The monoisotopic (exact) mass is 324 g/mol. The lowest BCUT2D eigenvalue weighted by atomic mass is 10.0. The summed E-state index contributed by atoms with van der Waals surface area (Å²) in [6.07, 6.45) is 8.10. The molecule has 2 N–H and O–H groups in total. The van der Waals surface area contributed by atoms with Crippen LogP contribution in [0.5, 0.6) is 0 Å². The second-order valence-corrected chi connectivity index (χ2v) is 5.82. The van der Waals surface area contributed by atoms with Crippen molar-refractivity contribution in [1.29, 1.82) is 0 Å². The van der Waals surface area contributed by atoms with Gasteiger partial charge in [-0.15, -0.1) is 0 Å². The van der Waals surface area contributed by atoms with Crippen LogP contribution in [0.3, 0.4) is 0 Å². The molecule has 0 bridgehead atoms. The van der Waals surface area contributed by atoms with Gasteiger partial charge in [0.25, 0.3) is 5.56 Å². The van der Waals surface area contributed by atoms with Crippen LogP contribution in [-0.4, -0.2) is 39.9 Å². The van der Waals surface area contributed by atoms with Gasteiger partial charge in [0.15, 0.2) is 0 Å². The van der Waals surface area contributed by atoms with E-state index in [1.165, 1.54) is 6.08 Å². The summed E-state index contributed by atoms with van der Waals surface area (Å²) in [7, 11) is 0. The molecule has 124 valence electrons. The maximum atomic E-state index is 12.1. The molecule has 0 atom stereocenters. The van der Waals surface area contributed by atoms with E-state index in [1.807, 2.05) is 18.2 Å². The van der Waals surface area contributed by atoms with E-state index in [9.17, 15) is 9.59 Å². The Labute approximate surface area is 140 Å². The van der Waals surface area contributed by atoms with Gasteiger partial charge in [-0.2, -0.15) is 0 Å². The van der Waals surface area contributed by atoms with Crippen LogP contribution in [0.25, 0.3) is 11.1 Å². The summed E-state index contributed by atoms with van der Waals surface area (Å²) < 4.78 is 0. The summed E-state index contributed by atoms with van der Waals surface area (Å²) >= 11 is 0. The highest BCUT2D eigenvalue weighted by Crippen LogP contribution is 2.20. The van der Waals surface area contributed by atoms with Crippen molar-refractivity contribution in [1.82, 2.24) is 14.9 Å². The summed E-state index contributed by atoms with van der Waals surface area (Å²) in [5.74, 6) is -0.0361. The van der Waals surface area contributed by atoms with E-state index >= 15 is 0 Å². The van der Waals surface area contributed by atoms with Crippen LogP contribution in [0.15, 0.2) is 54.2 Å². The lowest BCUT2D eigenvalue weighted by molar-refractivity contribution is -0.126. The fourth-order valence-corrected chi connectivity index (χ4v) is 2.90. The number of nitrogens with one attached hydrogen (secondary N) is 2. The van der Waals surface area contributed by atoms with Crippen molar-refractivity contribution in [2.45, 2.75) is 18.9 Å². The first-order valence-electron chi connectivity index (χ1n) is 7.98. The molecule has 1 amide bonds. The third-order valence-electron chi connectivity index (χ3n) is 4.26. The number of hydrogen-bond donors (Lipinski definition) is 2. The molecule has 2 aromatic heterocycles. The number of carbonyl (C=O) groups excluding carboxylic acids is 1. The first kappa shape index (κ1) is 16.0. The molecule has 3 heterocycles. The molecule has 6 heteroatoms. The van der Waals surface area contributed by atoms with Crippen molar-refractivity contribution in [3.8, 4) is 11.1 Å². The van der Waals surface area contributed by atoms with Crippen LogP contribution < -0.4 is 10.9 Å². The second-order valence-electron chi connectivity index (χ2n) is 5.82. The molecule has 1 aliphatic heterocycles. The zero-order valence-electron chi connectivity index (χ0n) is 13.4. The van der Waals surface area contributed by atoms with Crippen LogP contribution in [-0.2, 0) is 4.79 Å². The Morgan fingerprint density at radius 1 is 1.29 bits per heavy atom. The van der Waals surface area contributed by atoms with Gasteiger partial charge in [0.2, 0.25) is 5.91 Å². The molecule has 6 nitrogen and oxygen atoms in total. The number of H-pyrrole nitrogens is 1. The molecule has 0 spiro atoms.